The summed E-state index contributed by atoms with van der Waals surface area (Å²) in [7, 11) is 0. The zero-order chi connectivity index (χ0) is 25.7. The van der Waals surface area contributed by atoms with Gasteiger partial charge in [-0.15, -0.1) is 35.1 Å². The van der Waals surface area contributed by atoms with Crippen LogP contribution in [0.1, 0.15) is 36.7 Å². The summed E-state index contributed by atoms with van der Waals surface area (Å²) in [5, 5.41) is 21.0. The molecule has 0 saturated heterocycles. The molecule has 0 unspecified atom stereocenters. The minimum absolute atomic E-state index is 0. The number of H-pyrrole nitrogens is 1. The molecule has 3 rings (SSSR count). The lowest BCUT2D eigenvalue weighted by Gasteiger charge is -2.00. The molecule has 0 saturated carbocycles. The van der Waals surface area contributed by atoms with E-state index in [2.05, 4.69) is 29.4 Å². The third kappa shape index (κ3) is 12.6. The minimum atomic E-state index is -0.536. The number of rotatable bonds is 6. The number of aromatic hydroxyl groups is 1. The van der Waals surface area contributed by atoms with Gasteiger partial charge in [-0.3, -0.25) is 19.8 Å². The Balaban J connectivity index is 0.000000502. The first-order chi connectivity index (χ1) is 16.0. The van der Waals surface area contributed by atoms with Crippen LogP contribution in [0.3, 0.4) is 0 Å². The normalized spacial score (nSPS) is 9.37. The Labute approximate surface area is 215 Å². The van der Waals surface area contributed by atoms with Crippen molar-refractivity contribution in [2.75, 3.05) is 13.2 Å². The summed E-state index contributed by atoms with van der Waals surface area (Å²) < 4.78 is 9.04. The van der Waals surface area contributed by atoms with Gasteiger partial charge < -0.3 is 25.3 Å². The van der Waals surface area contributed by atoms with Gasteiger partial charge in [-0.1, -0.05) is 0 Å². The number of halogens is 1. The quantitative estimate of drug-likeness (QED) is 0.154. The van der Waals surface area contributed by atoms with E-state index in [0.717, 1.165) is 17.5 Å². The number of nitrogen functional groups attached to an aromatic ring is 1. The number of aromatic nitrogens is 4. The smallest absolute Gasteiger partial charge is 0.317 e. The molecule has 35 heavy (non-hydrogen) atoms. The van der Waals surface area contributed by atoms with E-state index in [1.807, 2.05) is 24.6 Å². The van der Waals surface area contributed by atoms with Crippen molar-refractivity contribution in [2.24, 2.45) is 5.73 Å². The van der Waals surface area contributed by atoms with Gasteiger partial charge in [0, 0.05) is 22.1 Å². The van der Waals surface area contributed by atoms with E-state index in [-0.39, 0.29) is 49.3 Å². The number of nitrogens with zero attached hydrogens (tertiary/aromatic N) is 3. The van der Waals surface area contributed by atoms with Crippen molar-refractivity contribution >= 4 is 52.9 Å². The van der Waals surface area contributed by atoms with Crippen LogP contribution in [0.15, 0.2) is 21.6 Å². The molecule has 0 aliphatic carbocycles. The summed E-state index contributed by atoms with van der Waals surface area (Å²) in [6, 6.07) is 1.02. The topological polar surface area (TPSA) is 194 Å². The average molecular weight is 547 g/mol. The molecule has 3 heterocycles. The molecule has 192 valence electrons. The number of thiazole rings is 2. The SMILES string of the molecule is CCOC(=O)CC(=O)OCC.Cc1csc(-c2nc(O)cc(=O)[nH]2)n1.Cc1csc(C(=N)N)n1.Cl. The molecule has 0 spiro atoms. The van der Waals surface area contributed by atoms with E-state index in [9.17, 15) is 14.4 Å². The van der Waals surface area contributed by atoms with Crippen molar-refractivity contribution in [3.63, 3.8) is 0 Å². The Kier molecular flexibility index (Phi) is 14.7. The van der Waals surface area contributed by atoms with Gasteiger partial charge in [-0.25, -0.2) is 9.97 Å². The number of aryl methyl sites for hydroxylation is 2. The Bertz CT molecular complexity index is 1150. The van der Waals surface area contributed by atoms with Crippen LogP contribution in [0, 0.1) is 19.3 Å². The number of aromatic amines is 1. The predicted octanol–water partition coefficient (Wildman–Crippen LogP) is 2.57. The molecule has 0 aliphatic rings. The van der Waals surface area contributed by atoms with Crippen LogP contribution in [-0.2, 0) is 19.1 Å². The zero-order valence-corrected chi connectivity index (χ0v) is 21.9. The van der Waals surface area contributed by atoms with Gasteiger partial charge in [-0.2, -0.15) is 4.98 Å². The molecule has 0 radical (unpaired) electrons. The van der Waals surface area contributed by atoms with Crippen LogP contribution < -0.4 is 11.3 Å². The second kappa shape index (κ2) is 16.3. The number of nitrogens with one attached hydrogen (secondary N) is 2. The first-order valence-corrected chi connectivity index (χ1v) is 11.6. The zero-order valence-electron chi connectivity index (χ0n) is 19.5. The van der Waals surface area contributed by atoms with Crippen molar-refractivity contribution < 1.29 is 24.2 Å². The molecule has 12 nitrogen and oxygen atoms in total. The fourth-order valence-corrected chi connectivity index (χ4v) is 3.43. The van der Waals surface area contributed by atoms with Gasteiger partial charge in [0.1, 0.15) is 6.42 Å². The lowest BCUT2D eigenvalue weighted by Crippen LogP contribution is -2.13. The van der Waals surface area contributed by atoms with Crippen LogP contribution >= 0.6 is 35.1 Å². The highest BCUT2D eigenvalue weighted by Crippen LogP contribution is 2.19. The van der Waals surface area contributed by atoms with Gasteiger partial charge in [0.25, 0.3) is 5.56 Å². The summed E-state index contributed by atoms with van der Waals surface area (Å²) >= 11 is 2.76. The van der Waals surface area contributed by atoms with Gasteiger partial charge in [0.05, 0.1) is 19.3 Å². The van der Waals surface area contributed by atoms with E-state index in [1.54, 1.807) is 13.8 Å². The van der Waals surface area contributed by atoms with Crippen molar-refractivity contribution in [2.45, 2.75) is 34.1 Å². The number of amidine groups is 1. The molecular formula is C20H27ClN6O6S2. The van der Waals surface area contributed by atoms with E-state index in [4.69, 9.17) is 16.2 Å². The molecule has 0 aliphatic heterocycles. The maximum Gasteiger partial charge on any atom is 0.317 e. The highest BCUT2D eigenvalue weighted by molar-refractivity contribution is 7.13. The maximum atomic E-state index is 11.0. The molecule has 5 N–H and O–H groups in total. The molecule has 15 heteroatoms. The Morgan fingerprint density at radius 2 is 1.60 bits per heavy atom. The second-order valence-electron chi connectivity index (χ2n) is 6.24. The van der Waals surface area contributed by atoms with Crippen molar-refractivity contribution in [3.05, 3.63) is 43.6 Å². The monoisotopic (exact) mass is 546 g/mol. The number of carbonyl (C=O) groups excluding carboxylic acids is 2. The summed E-state index contributed by atoms with van der Waals surface area (Å²) in [6.07, 6.45) is -0.290. The van der Waals surface area contributed by atoms with Gasteiger partial charge >= 0.3 is 11.9 Å². The predicted molar refractivity (Wildman–Crippen MR) is 135 cm³/mol. The fourth-order valence-electron chi connectivity index (χ4n) is 2.03. The first-order valence-electron chi connectivity index (χ1n) is 9.86. The second-order valence-corrected chi connectivity index (χ2v) is 7.96. The lowest BCUT2D eigenvalue weighted by molar-refractivity contribution is -0.153. The number of hydrogen-bond acceptors (Lipinski definition) is 12. The van der Waals surface area contributed by atoms with Gasteiger partial charge in [-0.05, 0) is 27.7 Å². The molecule has 0 aromatic carbocycles. The summed E-state index contributed by atoms with van der Waals surface area (Å²) in [5.74, 6) is -1.02. The maximum absolute atomic E-state index is 11.0. The minimum Gasteiger partial charge on any atom is -0.493 e. The highest BCUT2D eigenvalue weighted by atomic mass is 35.5. The molecule has 3 aromatic rings. The van der Waals surface area contributed by atoms with E-state index < -0.39 is 11.9 Å². The molecule has 0 atom stereocenters. The van der Waals surface area contributed by atoms with Crippen LogP contribution in [0.25, 0.3) is 10.8 Å². The number of esters is 2. The van der Waals surface area contributed by atoms with E-state index in [1.165, 1.54) is 22.7 Å². The Morgan fingerprint density at radius 1 is 1.06 bits per heavy atom. The molecule has 0 bridgehead atoms. The van der Waals surface area contributed by atoms with Crippen LogP contribution in [0.5, 0.6) is 5.88 Å². The number of nitrogens with two attached hydrogens (primary N) is 1. The van der Waals surface area contributed by atoms with Crippen molar-refractivity contribution in [1.82, 2.24) is 19.9 Å². The Morgan fingerprint density at radius 3 is 1.97 bits per heavy atom. The highest BCUT2D eigenvalue weighted by Gasteiger charge is 2.10. The first kappa shape index (κ1) is 31.6. The number of ether oxygens (including phenoxy) is 2. The summed E-state index contributed by atoms with van der Waals surface area (Å²) in [4.78, 5) is 46.6. The number of hydrogen-bond donors (Lipinski definition) is 4. The van der Waals surface area contributed by atoms with Gasteiger partial charge in [0.2, 0.25) is 5.88 Å². The van der Waals surface area contributed by atoms with E-state index in [0.29, 0.717) is 15.8 Å². The van der Waals surface area contributed by atoms with Crippen LogP contribution in [0.4, 0.5) is 0 Å². The van der Waals surface area contributed by atoms with Crippen LogP contribution in [0.2, 0.25) is 0 Å². The van der Waals surface area contributed by atoms with E-state index >= 15 is 0 Å². The van der Waals surface area contributed by atoms with Crippen molar-refractivity contribution in [1.29, 1.82) is 5.41 Å². The third-order valence-corrected chi connectivity index (χ3v) is 5.26. The lowest BCUT2D eigenvalue weighted by atomic mass is 10.4. The molecular weight excluding hydrogens is 520 g/mol. The number of carbonyl (C=O) groups is 2. The Hall–Kier alpha value is -3.36. The third-order valence-electron chi connectivity index (χ3n) is 3.30. The van der Waals surface area contributed by atoms with Gasteiger partial charge in [0.15, 0.2) is 21.7 Å². The molecule has 0 fully saturated rings. The summed E-state index contributed by atoms with van der Waals surface area (Å²) in [6.45, 7) is 7.67. The average Bonchev–Trinajstić information content (AvgIpc) is 3.37. The summed E-state index contributed by atoms with van der Waals surface area (Å²) in [5.41, 5.74) is 6.55. The standard InChI is InChI=1S/C8H7N3O2S.C7H12O4.C5H7N3S.ClH/c1-4-3-14-8(9-4)7-10-5(12)2-6(13)11-7;1-3-10-6(8)5-7(9)11-4-2;1-3-2-9-5(8-3)4(6)7;/h2-3H,1H3,(H2,10,11,12,13);3-5H2,1-2H3;2H,1H3,(H3,6,7);1H. The fraction of sp³-hybridized carbons (Fsp3) is 0.350. The van der Waals surface area contributed by atoms with Crippen LogP contribution in [-0.4, -0.2) is 56.0 Å². The molecule has 0 amide bonds. The van der Waals surface area contributed by atoms with Crippen molar-refractivity contribution in [3.8, 4) is 16.7 Å². The molecule has 3 aromatic heterocycles. The largest absolute Gasteiger partial charge is 0.493 e.